The maximum absolute atomic E-state index is 14.7. The summed E-state index contributed by atoms with van der Waals surface area (Å²) in [6.07, 6.45) is 3.42. The fraction of sp³-hybridized carbons (Fsp3) is 0.407. The second-order valence-corrected chi connectivity index (χ2v) is 10.0. The third-order valence-corrected chi connectivity index (χ3v) is 7.01. The van der Waals surface area contributed by atoms with Crippen molar-refractivity contribution in [3.8, 4) is 6.01 Å². The Labute approximate surface area is 224 Å². The average molecular weight is 535 g/mol. The van der Waals surface area contributed by atoms with Crippen molar-refractivity contribution in [2.24, 2.45) is 7.05 Å². The van der Waals surface area contributed by atoms with Crippen molar-refractivity contribution in [3.63, 3.8) is 0 Å². The molecule has 1 amide bonds. The average Bonchev–Trinajstić information content (AvgIpc) is 3.32. The predicted octanol–water partition coefficient (Wildman–Crippen LogP) is 2.07. The standard InChI is InChI=1S/C27H31FN8O3/c1-16-12-36(7-5-29-16)23-4-3-20(26(37)32-18-9-17-13-35(2)34-24(17)22(28)10-18)25-21(23)11-31-27(33-25)39-15-19-14-38-8-6-30-19/h3-4,9-11,13,16,19,29-30H,5-8,12,14-15H2,1-2H3,(H,32,37). The number of morpholine rings is 1. The second kappa shape index (κ2) is 10.7. The van der Waals surface area contributed by atoms with Crippen molar-refractivity contribution in [1.29, 1.82) is 0 Å². The summed E-state index contributed by atoms with van der Waals surface area (Å²) in [4.78, 5) is 24.9. The molecule has 2 aromatic heterocycles. The molecule has 6 rings (SSSR count). The first-order valence-corrected chi connectivity index (χ1v) is 13.1. The SMILES string of the molecule is CC1CN(c2ccc(C(=O)Nc3cc(F)c4nn(C)cc4c3)c3nc(OCC4COCCN4)ncc23)CCN1. The Hall–Kier alpha value is -3.87. The number of anilines is 2. The summed E-state index contributed by atoms with van der Waals surface area (Å²) in [5.74, 6) is -0.912. The van der Waals surface area contributed by atoms with Gasteiger partial charge in [-0.2, -0.15) is 10.1 Å². The van der Waals surface area contributed by atoms with Crippen LogP contribution in [0.4, 0.5) is 15.8 Å². The highest BCUT2D eigenvalue weighted by atomic mass is 19.1. The topological polar surface area (TPSA) is 118 Å². The molecule has 2 atom stereocenters. The van der Waals surface area contributed by atoms with Gasteiger partial charge >= 0.3 is 6.01 Å². The summed E-state index contributed by atoms with van der Waals surface area (Å²) < 4.78 is 27.6. The molecule has 11 nitrogen and oxygen atoms in total. The summed E-state index contributed by atoms with van der Waals surface area (Å²) in [6.45, 7) is 6.95. The van der Waals surface area contributed by atoms with E-state index in [9.17, 15) is 9.18 Å². The van der Waals surface area contributed by atoms with Crippen LogP contribution in [0.2, 0.25) is 0 Å². The Morgan fingerprint density at radius 2 is 2.15 bits per heavy atom. The molecule has 4 heterocycles. The number of carbonyl (C=O) groups is 1. The molecule has 3 N–H and O–H groups in total. The molecule has 2 aromatic carbocycles. The third-order valence-electron chi connectivity index (χ3n) is 7.01. The van der Waals surface area contributed by atoms with Gasteiger partial charge < -0.3 is 30.3 Å². The van der Waals surface area contributed by atoms with Crippen LogP contribution >= 0.6 is 0 Å². The van der Waals surface area contributed by atoms with E-state index in [-0.39, 0.29) is 17.6 Å². The highest BCUT2D eigenvalue weighted by Crippen LogP contribution is 2.31. The summed E-state index contributed by atoms with van der Waals surface area (Å²) in [7, 11) is 1.72. The van der Waals surface area contributed by atoms with Gasteiger partial charge in [0.15, 0.2) is 5.82 Å². The van der Waals surface area contributed by atoms with Crippen molar-refractivity contribution >= 4 is 39.1 Å². The highest BCUT2D eigenvalue weighted by molar-refractivity contribution is 6.14. The zero-order valence-electron chi connectivity index (χ0n) is 21.9. The van der Waals surface area contributed by atoms with Crippen LogP contribution in [-0.4, -0.2) is 83.7 Å². The molecule has 12 heteroatoms. The molecule has 0 spiro atoms. The number of aryl methyl sites for hydroxylation is 1. The summed E-state index contributed by atoms with van der Waals surface area (Å²) in [5.41, 5.74) is 2.35. The van der Waals surface area contributed by atoms with Crippen molar-refractivity contribution in [3.05, 3.63) is 48.0 Å². The number of nitrogens with one attached hydrogen (secondary N) is 3. The molecule has 2 unspecified atom stereocenters. The van der Waals surface area contributed by atoms with Crippen LogP contribution in [0.25, 0.3) is 21.8 Å². The zero-order chi connectivity index (χ0) is 26.9. The van der Waals surface area contributed by atoms with Gasteiger partial charge in [0.05, 0.1) is 30.3 Å². The molecule has 204 valence electrons. The van der Waals surface area contributed by atoms with Gasteiger partial charge in [0.1, 0.15) is 12.1 Å². The molecule has 2 aliphatic rings. The largest absolute Gasteiger partial charge is 0.462 e. The van der Waals surface area contributed by atoms with Gasteiger partial charge in [0.25, 0.3) is 5.91 Å². The van der Waals surface area contributed by atoms with Crippen LogP contribution in [0.5, 0.6) is 6.01 Å². The maximum atomic E-state index is 14.7. The van der Waals surface area contributed by atoms with Crippen molar-refractivity contribution in [2.45, 2.75) is 19.0 Å². The number of hydrogen-bond acceptors (Lipinski definition) is 9. The van der Waals surface area contributed by atoms with E-state index in [1.54, 1.807) is 31.6 Å². The Morgan fingerprint density at radius 1 is 1.26 bits per heavy atom. The first-order chi connectivity index (χ1) is 18.9. The zero-order valence-corrected chi connectivity index (χ0v) is 21.9. The lowest BCUT2D eigenvalue weighted by atomic mass is 10.1. The van der Waals surface area contributed by atoms with Crippen molar-refractivity contribution in [1.82, 2.24) is 30.4 Å². The molecule has 2 aliphatic heterocycles. The third kappa shape index (κ3) is 5.35. The Bertz CT molecular complexity index is 1520. The number of nitrogens with zero attached hydrogens (tertiary/aromatic N) is 5. The fourth-order valence-electron chi connectivity index (χ4n) is 5.15. The molecular formula is C27H31FN8O3. The summed E-state index contributed by atoms with van der Waals surface area (Å²) in [5, 5.41) is 15.1. The van der Waals surface area contributed by atoms with Crippen LogP contribution in [0, 0.1) is 5.82 Å². The lowest BCUT2D eigenvalue weighted by Gasteiger charge is -2.34. The molecule has 39 heavy (non-hydrogen) atoms. The molecule has 2 fully saturated rings. The first kappa shape index (κ1) is 25.4. The molecular weight excluding hydrogens is 503 g/mol. The molecule has 0 saturated carbocycles. The Morgan fingerprint density at radius 3 is 2.97 bits per heavy atom. The lowest BCUT2D eigenvalue weighted by Crippen LogP contribution is -2.49. The number of benzene rings is 2. The minimum atomic E-state index is -0.505. The predicted molar refractivity (Wildman–Crippen MR) is 146 cm³/mol. The number of piperazine rings is 1. The number of fused-ring (bicyclic) bond motifs is 2. The fourth-order valence-corrected chi connectivity index (χ4v) is 5.15. The van der Waals surface area contributed by atoms with E-state index < -0.39 is 11.7 Å². The highest BCUT2D eigenvalue weighted by Gasteiger charge is 2.23. The smallest absolute Gasteiger partial charge is 0.316 e. The van der Waals surface area contributed by atoms with E-state index in [2.05, 4.69) is 42.8 Å². The molecule has 0 radical (unpaired) electrons. The Kier molecular flexibility index (Phi) is 6.98. The van der Waals surface area contributed by atoms with Crippen molar-refractivity contribution < 1.29 is 18.7 Å². The van der Waals surface area contributed by atoms with E-state index in [1.807, 2.05) is 6.07 Å². The van der Waals surface area contributed by atoms with E-state index in [0.29, 0.717) is 48.0 Å². The van der Waals surface area contributed by atoms with Crippen LogP contribution in [0.1, 0.15) is 17.3 Å². The normalized spacial score (nSPS) is 19.9. The van der Waals surface area contributed by atoms with E-state index >= 15 is 0 Å². The number of rotatable bonds is 6. The van der Waals surface area contributed by atoms with Crippen LogP contribution in [0.3, 0.4) is 0 Å². The van der Waals surface area contributed by atoms with Gasteiger partial charge in [0.2, 0.25) is 0 Å². The van der Waals surface area contributed by atoms with Crippen molar-refractivity contribution in [2.75, 3.05) is 56.2 Å². The number of ether oxygens (including phenoxy) is 2. The van der Waals surface area contributed by atoms with Gasteiger partial charge in [-0.05, 0) is 31.2 Å². The van der Waals surface area contributed by atoms with Gasteiger partial charge in [-0.1, -0.05) is 0 Å². The Balaban J connectivity index is 1.34. The van der Waals surface area contributed by atoms with Crippen LogP contribution < -0.4 is 25.6 Å². The molecule has 0 bridgehead atoms. The molecule has 2 saturated heterocycles. The van der Waals surface area contributed by atoms with E-state index in [1.165, 1.54) is 10.7 Å². The molecule has 4 aromatic rings. The number of aromatic nitrogens is 4. The quantitative estimate of drug-likeness (QED) is 0.342. The molecule has 0 aliphatic carbocycles. The lowest BCUT2D eigenvalue weighted by molar-refractivity contribution is 0.0577. The summed E-state index contributed by atoms with van der Waals surface area (Å²) >= 11 is 0. The van der Waals surface area contributed by atoms with E-state index in [4.69, 9.17) is 9.47 Å². The number of halogens is 1. The first-order valence-electron chi connectivity index (χ1n) is 13.1. The number of amides is 1. The minimum Gasteiger partial charge on any atom is -0.462 e. The van der Waals surface area contributed by atoms with Crippen LogP contribution in [-0.2, 0) is 11.8 Å². The van der Waals surface area contributed by atoms with Gasteiger partial charge in [-0.15, -0.1) is 0 Å². The second-order valence-electron chi connectivity index (χ2n) is 10.0. The number of carbonyl (C=O) groups excluding carboxylic acids is 1. The van der Waals surface area contributed by atoms with Gasteiger partial charge in [-0.3, -0.25) is 9.48 Å². The monoisotopic (exact) mass is 534 g/mol. The van der Waals surface area contributed by atoms with Gasteiger partial charge in [0, 0.05) is 73.8 Å². The maximum Gasteiger partial charge on any atom is 0.316 e. The van der Waals surface area contributed by atoms with Crippen LogP contribution in [0.15, 0.2) is 36.7 Å². The summed E-state index contributed by atoms with van der Waals surface area (Å²) in [6, 6.07) is 7.19. The van der Waals surface area contributed by atoms with E-state index in [0.717, 1.165) is 37.3 Å². The minimum absolute atomic E-state index is 0.0341. The number of hydrogen-bond donors (Lipinski definition) is 3. The van der Waals surface area contributed by atoms with Gasteiger partial charge in [-0.25, -0.2) is 9.37 Å².